The molecular formula is C21H29N3O2. The van der Waals surface area contributed by atoms with Crippen molar-refractivity contribution in [2.24, 2.45) is 11.8 Å². The first-order valence-electron chi connectivity index (χ1n) is 9.60. The van der Waals surface area contributed by atoms with Crippen LogP contribution in [0.25, 0.3) is 10.8 Å². The second-order valence-corrected chi connectivity index (χ2v) is 7.82. The van der Waals surface area contributed by atoms with Crippen molar-refractivity contribution in [1.29, 1.82) is 0 Å². The first kappa shape index (κ1) is 18.6. The number of H-pyrrole nitrogens is 1. The topological polar surface area (TPSA) is 65.2 Å². The van der Waals surface area contributed by atoms with Gasteiger partial charge in [0.25, 0.3) is 11.5 Å². The van der Waals surface area contributed by atoms with Gasteiger partial charge in [0.15, 0.2) is 0 Å². The van der Waals surface area contributed by atoms with E-state index < -0.39 is 0 Å². The Kier molecular flexibility index (Phi) is 5.77. The number of amides is 1. The van der Waals surface area contributed by atoms with E-state index in [1.807, 2.05) is 18.2 Å². The van der Waals surface area contributed by atoms with Crippen molar-refractivity contribution in [1.82, 2.24) is 15.2 Å². The van der Waals surface area contributed by atoms with Crippen LogP contribution in [-0.2, 0) is 0 Å². The highest BCUT2D eigenvalue weighted by molar-refractivity contribution is 6.06. The zero-order valence-electron chi connectivity index (χ0n) is 15.9. The summed E-state index contributed by atoms with van der Waals surface area (Å²) in [6.07, 6.45) is 3.97. The first-order chi connectivity index (χ1) is 12.5. The average molecular weight is 355 g/mol. The number of hydrogen-bond acceptors (Lipinski definition) is 3. The van der Waals surface area contributed by atoms with E-state index in [1.54, 1.807) is 6.07 Å². The molecule has 2 heterocycles. The lowest BCUT2D eigenvalue weighted by atomic mass is 9.94. The normalized spacial score (nSPS) is 17.5. The molecule has 3 rings (SSSR count). The van der Waals surface area contributed by atoms with E-state index in [1.165, 1.54) is 19.0 Å². The van der Waals surface area contributed by atoms with Crippen molar-refractivity contribution < 1.29 is 4.79 Å². The predicted molar refractivity (Wildman–Crippen MR) is 105 cm³/mol. The summed E-state index contributed by atoms with van der Waals surface area (Å²) in [5, 5.41) is 4.34. The minimum atomic E-state index is -0.167. The molecule has 5 nitrogen and oxygen atoms in total. The summed E-state index contributed by atoms with van der Waals surface area (Å²) in [6, 6.07) is 7.57. The predicted octanol–water partition coefficient (Wildman–Crippen LogP) is 3.01. The summed E-state index contributed by atoms with van der Waals surface area (Å²) in [5.41, 5.74) is 0.356. The zero-order valence-corrected chi connectivity index (χ0v) is 15.9. The second kappa shape index (κ2) is 8.04. The number of hydrogen-bond donors (Lipinski definition) is 2. The number of carbonyl (C=O) groups is 1. The van der Waals surface area contributed by atoms with E-state index in [0.29, 0.717) is 34.8 Å². The molecule has 1 aliphatic heterocycles. The van der Waals surface area contributed by atoms with Crippen LogP contribution in [0.2, 0.25) is 0 Å². The quantitative estimate of drug-likeness (QED) is 0.866. The molecule has 0 saturated carbocycles. The number of carbonyl (C=O) groups excluding carboxylic acids is 1. The van der Waals surface area contributed by atoms with Crippen LogP contribution in [0.5, 0.6) is 0 Å². The number of pyridine rings is 1. The highest BCUT2D eigenvalue weighted by Gasteiger charge is 2.26. The molecule has 1 saturated heterocycles. The number of nitrogens with zero attached hydrogens (tertiary/aromatic N) is 1. The molecule has 1 fully saturated rings. The number of benzene rings is 1. The number of likely N-dealkylation sites (tertiary alicyclic amines) is 1. The Morgan fingerprint density at radius 3 is 2.54 bits per heavy atom. The van der Waals surface area contributed by atoms with Gasteiger partial charge >= 0.3 is 0 Å². The average Bonchev–Trinajstić information content (AvgIpc) is 2.63. The lowest BCUT2D eigenvalue weighted by molar-refractivity contribution is 0.0864. The van der Waals surface area contributed by atoms with E-state index in [9.17, 15) is 9.59 Å². The Labute approximate surface area is 154 Å². The van der Waals surface area contributed by atoms with Gasteiger partial charge in [-0.25, -0.2) is 0 Å². The van der Waals surface area contributed by atoms with Crippen LogP contribution >= 0.6 is 0 Å². The molecule has 0 bridgehead atoms. The van der Waals surface area contributed by atoms with Crippen molar-refractivity contribution in [3.8, 4) is 0 Å². The van der Waals surface area contributed by atoms with Crippen molar-refractivity contribution in [3.05, 3.63) is 46.4 Å². The Hall–Kier alpha value is -2.14. The fourth-order valence-electron chi connectivity index (χ4n) is 3.84. The molecule has 0 spiro atoms. The Bertz CT molecular complexity index is 819. The third-order valence-electron chi connectivity index (χ3n) is 5.58. The molecule has 26 heavy (non-hydrogen) atoms. The summed E-state index contributed by atoms with van der Waals surface area (Å²) >= 11 is 0. The molecule has 1 aliphatic rings. The third-order valence-corrected chi connectivity index (χ3v) is 5.58. The monoisotopic (exact) mass is 355 g/mol. The summed E-state index contributed by atoms with van der Waals surface area (Å²) < 4.78 is 0. The number of nitrogens with one attached hydrogen (secondary N) is 2. The van der Waals surface area contributed by atoms with E-state index in [-0.39, 0.29) is 11.5 Å². The van der Waals surface area contributed by atoms with Gasteiger partial charge < -0.3 is 10.3 Å². The van der Waals surface area contributed by atoms with E-state index >= 15 is 0 Å². The summed E-state index contributed by atoms with van der Waals surface area (Å²) in [4.78, 5) is 29.9. The van der Waals surface area contributed by atoms with Crippen LogP contribution in [0, 0.1) is 11.8 Å². The van der Waals surface area contributed by atoms with E-state index in [4.69, 9.17) is 0 Å². The van der Waals surface area contributed by atoms with Gasteiger partial charge in [0, 0.05) is 29.6 Å². The fraction of sp³-hybridized carbons (Fsp3) is 0.524. The van der Waals surface area contributed by atoms with Gasteiger partial charge in [-0.2, -0.15) is 0 Å². The van der Waals surface area contributed by atoms with Crippen molar-refractivity contribution >= 4 is 16.7 Å². The van der Waals surface area contributed by atoms with Crippen LogP contribution in [0.1, 0.15) is 44.0 Å². The van der Waals surface area contributed by atoms with Crippen LogP contribution in [0.15, 0.2) is 35.3 Å². The maximum Gasteiger partial charge on any atom is 0.255 e. The van der Waals surface area contributed by atoms with Crippen molar-refractivity contribution in [3.63, 3.8) is 0 Å². The standard InChI is InChI=1S/C21H29N3O2/c1-14(2)19(24-10-8-15(3)9-11-24)13-23-21(26)18-12-22-20(25)17-7-5-4-6-16(17)18/h4-7,12,14-15,19H,8-11,13H2,1-3H3,(H,22,25)(H,23,26). The van der Waals surface area contributed by atoms with E-state index in [2.05, 4.69) is 36.0 Å². The van der Waals surface area contributed by atoms with Crippen LogP contribution in [0.4, 0.5) is 0 Å². The van der Waals surface area contributed by atoms with Crippen LogP contribution < -0.4 is 10.9 Å². The Morgan fingerprint density at radius 1 is 1.23 bits per heavy atom. The number of aromatic nitrogens is 1. The Morgan fingerprint density at radius 2 is 1.88 bits per heavy atom. The molecule has 2 N–H and O–H groups in total. The summed E-state index contributed by atoms with van der Waals surface area (Å²) in [5.74, 6) is 1.13. The number of fused-ring (bicyclic) bond motifs is 1. The highest BCUT2D eigenvalue weighted by Crippen LogP contribution is 2.21. The van der Waals surface area contributed by atoms with Gasteiger partial charge in [-0.3, -0.25) is 14.5 Å². The molecule has 1 aromatic heterocycles. The molecule has 0 aliphatic carbocycles. The lowest BCUT2D eigenvalue weighted by Crippen LogP contribution is -2.49. The third kappa shape index (κ3) is 3.98. The van der Waals surface area contributed by atoms with Gasteiger partial charge in [0.2, 0.25) is 0 Å². The van der Waals surface area contributed by atoms with Gasteiger partial charge in [-0.1, -0.05) is 39.0 Å². The molecule has 140 valence electrons. The zero-order chi connectivity index (χ0) is 18.7. The Balaban J connectivity index is 1.73. The molecule has 1 aromatic carbocycles. The van der Waals surface area contributed by atoms with Gasteiger partial charge in [-0.05, 0) is 43.8 Å². The SMILES string of the molecule is CC1CCN(C(CNC(=O)c2c[nH]c(=O)c3ccccc23)C(C)C)CC1. The molecule has 1 amide bonds. The summed E-state index contributed by atoms with van der Waals surface area (Å²) in [7, 11) is 0. The lowest BCUT2D eigenvalue weighted by Gasteiger charge is -2.38. The van der Waals surface area contributed by atoms with Crippen LogP contribution in [0.3, 0.4) is 0 Å². The highest BCUT2D eigenvalue weighted by atomic mass is 16.1. The van der Waals surface area contributed by atoms with E-state index in [0.717, 1.165) is 19.0 Å². The number of piperidine rings is 1. The van der Waals surface area contributed by atoms with Gasteiger partial charge in [0.05, 0.1) is 5.56 Å². The van der Waals surface area contributed by atoms with Crippen LogP contribution in [-0.4, -0.2) is 41.5 Å². The maximum atomic E-state index is 12.8. The van der Waals surface area contributed by atoms with Crippen molar-refractivity contribution in [2.45, 2.75) is 39.7 Å². The van der Waals surface area contributed by atoms with Crippen molar-refractivity contribution in [2.75, 3.05) is 19.6 Å². The molecular weight excluding hydrogens is 326 g/mol. The molecule has 1 atom stereocenters. The summed E-state index contributed by atoms with van der Waals surface area (Å²) in [6.45, 7) is 9.56. The minimum Gasteiger partial charge on any atom is -0.350 e. The molecule has 0 radical (unpaired) electrons. The smallest absolute Gasteiger partial charge is 0.255 e. The first-order valence-corrected chi connectivity index (χ1v) is 9.60. The maximum absolute atomic E-state index is 12.8. The largest absolute Gasteiger partial charge is 0.350 e. The van der Waals surface area contributed by atoms with Gasteiger partial charge in [-0.15, -0.1) is 0 Å². The molecule has 2 aromatic rings. The number of rotatable bonds is 5. The molecule has 5 heteroatoms. The van der Waals surface area contributed by atoms with Gasteiger partial charge in [0.1, 0.15) is 0 Å². The second-order valence-electron chi connectivity index (χ2n) is 7.82. The molecule has 1 unspecified atom stereocenters. The fourth-order valence-corrected chi connectivity index (χ4v) is 3.84. The minimum absolute atomic E-state index is 0.131. The number of aromatic amines is 1.